The zero-order chi connectivity index (χ0) is 14.8. The maximum atomic E-state index is 12.5. The number of ketones is 1. The molecule has 1 aromatic heterocycles. The highest BCUT2D eigenvalue weighted by molar-refractivity contribution is 6.33. The Labute approximate surface area is 127 Å². The van der Waals surface area contributed by atoms with E-state index in [1.165, 1.54) is 6.20 Å². The van der Waals surface area contributed by atoms with Gasteiger partial charge >= 0.3 is 0 Å². The van der Waals surface area contributed by atoms with Crippen LogP contribution < -0.4 is 0 Å². The average molecular weight is 297 g/mol. The van der Waals surface area contributed by atoms with Crippen LogP contribution in [0.3, 0.4) is 0 Å². The molecule has 0 aliphatic heterocycles. The van der Waals surface area contributed by atoms with E-state index < -0.39 is 5.38 Å². The van der Waals surface area contributed by atoms with E-state index in [0.29, 0.717) is 5.52 Å². The SMILES string of the molecule is Cc1ccccc1C(Cl)C(=O)c1cnc2ccccc2n1. The number of alkyl halides is 1. The van der Waals surface area contributed by atoms with Crippen LogP contribution in [0.5, 0.6) is 0 Å². The molecular weight excluding hydrogens is 284 g/mol. The van der Waals surface area contributed by atoms with E-state index in [2.05, 4.69) is 9.97 Å². The van der Waals surface area contributed by atoms with Gasteiger partial charge in [-0.25, -0.2) is 4.98 Å². The summed E-state index contributed by atoms with van der Waals surface area (Å²) in [4.78, 5) is 21.1. The largest absolute Gasteiger partial charge is 0.290 e. The molecule has 0 bridgehead atoms. The average Bonchev–Trinajstić information content (AvgIpc) is 2.53. The van der Waals surface area contributed by atoms with E-state index in [1.54, 1.807) is 0 Å². The lowest BCUT2D eigenvalue weighted by atomic mass is 10.0. The first-order chi connectivity index (χ1) is 10.2. The van der Waals surface area contributed by atoms with Crippen LogP contribution in [0.1, 0.15) is 27.0 Å². The number of Topliss-reactive ketones (excluding diaryl/α,β-unsaturated/α-hetero) is 1. The second kappa shape index (κ2) is 5.62. The van der Waals surface area contributed by atoms with E-state index in [0.717, 1.165) is 16.6 Å². The normalized spacial score (nSPS) is 12.3. The lowest BCUT2D eigenvalue weighted by Crippen LogP contribution is -2.11. The molecule has 3 nitrogen and oxygen atoms in total. The molecule has 3 rings (SSSR count). The first kappa shape index (κ1) is 13.7. The number of hydrogen-bond acceptors (Lipinski definition) is 3. The number of carbonyl (C=O) groups excluding carboxylic acids is 1. The lowest BCUT2D eigenvalue weighted by Gasteiger charge is -2.11. The Kier molecular flexibility index (Phi) is 3.67. The third-order valence-corrected chi connectivity index (χ3v) is 3.83. The number of fused-ring (bicyclic) bond motifs is 1. The number of para-hydroxylation sites is 2. The zero-order valence-electron chi connectivity index (χ0n) is 11.5. The van der Waals surface area contributed by atoms with Gasteiger partial charge in [0.25, 0.3) is 0 Å². The minimum atomic E-state index is -0.748. The van der Waals surface area contributed by atoms with Crippen LogP contribution in [-0.4, -0.2) is 15.8 Å². The molecule has 1 heterocycles. The fourth-order valence-corrected chi connectivity index (χ4v) is 2.57. The minimum absolute atomic E-state index is 0.232. The molecule has 0 aliphatic rings. The maximum absolute atomic E-state index is 12.5. The quantitative estimate of drug-likeness (QED) is 0.540. The maximum Gasteiger partial charge on any atom is 0.205 e. The Morgan fingerprint density at radius 3 is 2.48 bits per heavy atom. The molecule has 0 saturated heterocycles. The topological polar surface area (TPSA) is 42.9 Å². The van der Waals surface area contributed by atoms with E-state index in [4.69, 9.17) is 11.6 Å². The van der Waals surface area contributed by atoms with Crippen molar-refractivity contribution in [2.75, 3.05) is 0 Å². The second-order valence-corrected chi connectivity index (χ2v) is 5.26. The number of carbonyl (C=O) groups is 1. The number of nitrogens with zero attached hydrogens (tertiary/aromatic N) is 2. The highest BCUT2D eigenvalue weighted by Gasteiger charge is 2.22. The summed E-state index contributed by atoms with van der Waals surface area (Å²) in [6.45, 7) is 1.93. The molecule has 1 atom stereocenters. The minimum Gasteiger partial charge on any atom is -0.290 e. The molecule has 0 spiro atoms. The summed E-state index contributed by atoms with van der Waals surface area (Å²) in [6, 6.07) is 15.0. The van der Waals surface area contributed by atoms with Crippen molar-refractivity contribution in [1.82, 2.24) is 9.97 Å². The summed E-state index contributed by atoms with van der Waals surface area (Å²) in [5, 5.41) is -0.748. The van der Waals surface area contributed by atoms with Crippen LogP contribution in [-0.2, 0) is 0 Å². The van der Waals surface area contributed by atoms with Crippen molar-refractivity contribution in [2.24, 2.45) is 0 Å². The molecule has 0 saturated carbocycles. The number of rotatable bonds is 3. The number of halogens is 1. The van der Waals surface area contributed by atoms with Gasteiger partial charge in [-0.15, -0.1) is 11.6 Å². The van der Waals surface area contributed by atoms with Crippen molar-refractivity contribution in [3.05, 3.63) is 71.5 Å². The number of aryl methyl sites for hydroxylation is 1. The standard InChI is InChI=1S/C17H13ClN2O/c1-11-6-2-3-7-12(11)16(18)17(21)15-10-19-13-8-4-5-9-14(13)20-15/h2-10,16H,1H3. The third kappa shape index (κ3) is 2.65. The Hall–Kier alpha value is -2.26. The summed E-state index contributed by atoms with van der Waals surface area (Å²) in [7, 11) is 0. The van der Waals surface area contributed by atoms with Gasteiger partial charge in [-0.3, -0.25) is 9.78 Å². The molecule has 0 amide bonds. The van der Waals surface area contributed by atoms with Crippen molar-refractivity contribution in [3.63, 3.8) is 0 Å². The summed E-state index contributed by atoms with van der Waals surface area (Å²) in [5.74, 6) is -0.232. The summed E-state index contributed by atoms with van der Waals surface area (Å²) in [5.41, 5.74) is 3.53. The van der Waals surface area contributed by atoms with Crippen LogP contribution >= 0.6 is 11.6 Å². The molecule has 0 N–H and O–H groups in total. The predicted molar refractivity (Wildman–Crippen MR) is 83.6 cm³/mol. The van der Waals surface area contributed by atoms with Gasteiger partial charge in [0, 0.05) is 0 Å². The summed E-state index contributed by atoms with van der Waals surface area (Å²) >= 11 is 6.33. The highest BCUT2D eigenvalue weighted by atomic mass is 35.5. The molecule has 2 aromatic carbocycles. The fraction of sp³-hybridized carbons (Fsp3) is 0.118. The number of aromatic nitrogens is 2. The van der Waals surface area contributed by atoms with Crippen molar-refractivity contribution in [1.29, 1.82) is 0 Å². The van der Waals surface area contributed by atoms with Gasteiger partial charge in [0.15, 0.2) is 0 Å². The predicted octanol–water partition coefficient (Wildman–Crippen LogP) is 4.10. The van der Waals surface area contributed by atoms with Gasteiger partial charge in [-0.2, -0.15) is 0 Å². The van der Waals surface area contributed by atoms with Crippen LogP contribution in [0.15, 0.2) is 54.7 Å². The fourth-order valence-electron chi connectivity index (χ4n) is 2.22. The van der Waals surface area contributed by atoms with Crippen molar-refractivity contribution in [2.45, 2.75) is 12.3 Å². The zero-order valence-corrected chi connectivity index (χ0v) is 12.2. The van der Waals surface area contributed by atoms with E-state index >= 15 is 0 Å². The van der Waals surface area contributed by atoms with Gasteiger partial charge in [-0.1, -0.05) is 36.4 Å². The van der Waals surface area contributed by atoms with Gasteiger partial charge in [0.1, 0.15) is 11.1 Å². The summed E-state index contributed by atoms with van der Waals surface area (Å²) < 4.78 is 0. The van der Waals surface area contributed by atoms with Crippen molar-refractivity contribution in [3.8, 4) is 0 Å². The van der Waals surface area contributed by atoms with E-state index in [-0.39, 0.29) is 11.5 Å². The Bertz CT molecular complexity index is 817. The van der Waals surface area contributed by atoms with E-state index in [1.807, 2.05) is 55.5 Å². The Morgan fingerprint density at radius 1 is 1.05 bits per heavy atom. The van der Waals surface area contributed by atoms with Gasteiger partial charge in [0.2, 0.25) is 5.78 Å². The molecule has 0 fully saturated rings. The van der Waals surface area contributed by atoms with Gasteiger partial charge in [0.05, 0.1) is 17.2 Å². The van der Waals surface area contributed by atoms with Crippen LogP contribution in [0.25, 0.3) is 11.0 Å². The van der Waals surface area contributed by atoms with Crippen LogP contribution in [0, 0.1) is 6.92 Å². The first-order valence-electron chi connectivity index (χ1n) is 6.62. The number of benzene rings is 2. The molecule has 1 unspecified atom stereocenters. The number of hydrogen-bond donors (Lipinski definition) is 0. The second-order valence-electron chi connectivity index (χ2n) is 4.83. The van der Waals surface area contributed by atoms with Gasteiger partial charge in [-0.05, 0) is 30.2 Å². The highest BCUT2D eigenvalue weighted by Crippen LogP contribution is 2.27. The van der Waals surface area contributed by atoms with Gasteiger partial charge < -0.3 is 0 Å². The Morgan fingerprint density at radius 2 is 1.71 bits per heavy atom. The molecule has 21 heavy (non-hydrogen) atoms. The molecule has 0 aliphatic carbocycles. The Balaban J connectivity index is 1.98. The third-order valence-electron chi connectivity index (χ3n) is 3.39. The van der Waals surface area contributed by atoms with E-state index in [9.17, 15) is 4.79 Å². The molecule has 104 valence electrons. The smallest absolute Gasteiger partial charge is 0.205 e. The monoisotopic (exact) mass is 296 g/mol. The molecule has 4 heteroatoms. The van der Waals surface area contributed by atoms with Crippen LogP contribution in [0.4, 0.5) is 0 Å². The molecule has 0 radical (unpaired) electrons. The van der Waals surface area contributed by atoms with Crippen molar-refractivity contribution >= 4 is 28.4 Å². The van der Waals surface area contributed by atoms with Crippen LogP contribution in [0.2, 0.25) is 0 Å². The summed E-state index contributed by atoms with van der Waals surface area (Å²) in [6.07, 6.45) is 1.48. The lowest BCUT2D eigenvalue weighted by molar-refractivity contribution is 0.0982. The molecule has 3 aromatic rings. The molecular formula is C17H13ClN2O. The van der Waals surface area contributed by atoms with Crippen molar-refractivity contribution < 1.29 is 4.79 Å². The first-order valence-corrected chi connectivity index (χ1v) is 7.06.